The fraction of sp³-hybridized carbons (Fsp3) is 0.130. The van der Waals surface area contributed by atoms with Crippen molar-refractivity contribution in [2.45, 2.75) is 12.5 Å². The fourth-order valence-electron chi connectivity index (χ4n) is 3.97. The summed E-state index contributed by atoms with van der Waals surface area (Å²) in [6, 6.07) is 22.5. The minimum Gasteiger partial charge on any atom is -0.438 e. The molecule has 0 radical (unpaired) electrons. The molecule has 0 amide bonds. The van der Waals surface area contributed by atoms with Crippen LogP contribution in [0, 0.1) is 5.41 Å². The van der Waals surface area contributed by atoms with Crippen LogP contribution in [-0.4, -0.2) is 21.3 Å². The third kappa shape index (κ3) is 2.52. The van der Waals surface area contributed by atoms with Crippen LogP contribution in [0.4, 0.5) is 0 Å². The number of nitrogens with zero attached hydrogens (tertiary/aromatic N) is 2. The molecule has 2 heterocycles. The first-order valence-electron chi connectivity index (χ1n) is 9.27. The summed E-state index contributed by atoms with van der Waals surface area (Å²) >= 11 is 0. The lowest BCUT2D eigenvalue weighted by atomic mass is 9.83. The van der Waals surface area contributed by atoms with Crippen LogP contribution >= 0.6 is 0 Å². The van der Waals surface area contributed by atoms with Crippen LogP contribution < -0.4 is 10.2 Å². The van der Waals surface area contributed by atoms with Crippen LogP contribution in [0.15, 0.2) is 73.1 Å². The first kappa shape index (κ1) is 16.7. The van der Waals surface area contributed by atoms with E-state index < -0.39 is 0 Å². The quantitative estimate of drug-likeness (QED) is 0.508. The Hall–Kier alpha value is -3.44. The van der Waals surface area contributed by atoms with Gasteiger partial charge in [0.05, 0.1) is 12.2 Å². The molecule has 5 rings (SSSR count). The van der Waals surface area contributed by atoms with Crippen molar-refractivity contribution in [3.63, 3.8) is 0 Å². The molecule has 3 aromatic carbocycles. The predicted octanol–water partition coefficient (Wildman–Crippen LogP) is 3.79. The van der Waals surface area contributed by atoms with Gasteiger partial charge in [0.1, 0.15) is 17.6 Å². The fourth-order valence-corrected chi connectivity index (χ4v) is 3.97. The molecule has 1 aliphatic rings. The number of aliphatic hydroxyl groups excluding tert-OH is 1. The zero-order valence-electron chi connectivity index (χ0n) is 15.2. The van der Waals surface area contributed by atoms with Gasteiger partial charge in [0, 0.05) is 23.4 Å². The topological polar surface area (TPSA) is 71.1 Å². The van der Waals surface area contributed by atoms with Gasteiger partial charge in [-0.05, 0) is 10.9 Å². The van der Waals surface area contributed by atoms with E-state index in [0.29, 0.717) is 17.9 Å². The van der Waals surface area contributed by atoms with E-state index in [1.807, 2.05) is 30.3 Å². The van der Waals surface area contributed by atoms with Gasteiger partial charge in [0.15, 0.2) is 0 Å². The van der Waals surface area contributed by atoms with Crippen molar-refractivity contribution in [1.82, 2.24) is 9.55 Å². The molecule has 2 N–H and O–H groups in total. The second kappa shape index (κ2) is 6.62. The Bertz CT molecular complexity index is 1230. The zero-order chi connectivity index (χ0) is 19.1. The van der Waals surface area contributed by atoms with E-state index in [9.17, 15) is 5.11 Å². The summed E-state index contributed by atoms with van der Waals surface area (Å²) in [5.74, 6) is 1.10. The first-order valence-corrected chi connectivity index (χ1v) is 9.27. The number of aromatic nitrogens is 2. The maximum Gasteiger partial charge on any atom is 0.228 e. The van der Waals surface area contributed by atoms with Gasteiger partial charge in [0.2, 0.25) is 5.88 Å². The van der Waals surface area contributed by atoms with Crippen molar-refractivity contribution >= 4 is 10.8 Å². The summed E-state index contributed by atoms with van der Waals surface area (Å²) < 4.78 is 7.91. The first-order chi connectivity index (χ1) is 13.8. The largest absolute Gasteiger partial charge is 0.438 e. The number of fused-ring (bicyclic) bond motifs is 4. The summed E-state index contributed by atoms with van der Waals surface area (Å²) in [5, 5.41) is 20.2. The molecule has 1 aliphatic heterocycles. The summed E-state index contributed by atoms with van der Waals surface area (Å²) in [4.78, 5) is 4.49. The van der Waals surface area contributed by atoms with Gasteiger partial charge < -0.3 is 14.4 Å². The lowest BCUT2D eigenvalue weighted by Gasteiger charge is -2.29. The van der Waals surface area contributed by atoms with E-state index in [4.69, 9.17) is 10.1 Å². The van der Waals surface area contributed by atoms with Crippen molar-refractivity contribution in [1.29, 1.82) is 5.41 Å². The molecular formula is C23H19N3O2. The highest BCUT2D eigenvalue weighted by atomic mass is 16.5. The highest BCUT2D eigenvalue weighted by Gasteiger charge is 2.32. The van der Waals surface area contributed by atoms with E-state index in [0.717, 1.165) is 33.2 Å². The Labute approximate surface area is 162 Å². The normalized spacial score (nSPS) is 15.0. The molecule has 0 bridgehead atoms. The summed E-state index contributed by atoms with van der Waals surface area (Å²) in [7, 11) is 0. The van der Waals surface area contributed by atoms with Gasteiger partial charge >= 0.3 is 0 Å². The number of hydrogen-bond acceptors (Lipinski definition) is 4. The standard InChI is InChI=1S/C23H19N3O2/c24-22-20-19(16-7-2-1-3-8-16)18-11-10-15-6-4-5-9-17(15)21(18)28-23(20)25-14-26(22)12-13-27/h1-11,14,19,24,27H,12-13H2. The molecule has 138 valence electrons. The van der Waals surface area contributed by atoms with E-state index >= 15 is 0 Å². The van der Waals surface area contributed by atoms with Gasteiger partial charge in [-0.3, -0.25) is 5.41 Å². The third-order valence-electron chi connectivity index (χ3n) is 5.27. The highest BCUT2D eigenvalue weighted by molar-refractivity contribution is 5.91. The average Bonchev–Trinajstić information content (AvgIpc) is 2.75. The van der Waals surface area contributed by atoms with Crippen LogP contribution in [0.1, 0.15) is 22.6 Å². The maximum absolute atomic E-state index is 9.34. The number of aliphatic hydroxyl groups is 1. The van der Waals surface area contributed by atoms with E-state index in [1.165, 1.54) is 0 Å². The van der Waals surface area contributed by atoms with Crippen LogP contribution in [0.5, 0.6) is 11.6 Å². The zero-order valence-corrected chi connectivity index (χ0v) is 15.2. The van der Waals surface area contributed by atoms with E-state index in [-0.39, 0.29) is 12.5 Å². The third-order valence-corrected chi connectivity index (χ3v) is 5.27. The molecular weight excluding hydrogens is 350 g/mol. The number of benzene rings is 3. The molecule has 1 aromatic heterocycles. The molecule has 0 spiro atoms. The number of hydrogen-bond donors (Lipinski definition) is 2. The number of rotatable bonds is 3. The molecule has 0 saturated carbocycles. The maximum atomic E-state index is 9.34. The van der Waals surface area contributed by atoms with Gasteiger partial charge in [-0.2, -0.15) is 0 Å². The van der Waals surface area contributed by atoms with Gasteiger partial charge in [0.25, 0.3) is 0 Å². The van der Waals surface area contributed by atoms with Crippen molar-refractivity contribution in [2.24, 2.45) is 0 Å². The van der Waals surface area contributed by atoms with Crippen molar-refractivity contribution in [2.75, 3.05) is 6.61 Å². The Balaban J connectivity index is 1.83. The van der Waals surface area contributed by atoms with Gasteiger partial charge in [-0.1, -0.05) is 66.7 Å². The van der Waals surface area contributed by atoms with Crippen molar-refractivity contribution in [3.05, 3.63) is 95.2 Å². The predicted molar refractivity (Wildman–Crippen MR) is 107 cm³/mol. The Morgan fingerprint density at radius 2 is 1.79 bits per heavy atom. The number of nitrogens with one attached hydrogen (secondary N) is 1. The van der Waals surface area contributed by atoms with E-state index in [1.54, 1.807) is 10.9 Å². The summed E-state index contributed by atoms with van der Waals surface area (Å²) in [5.41, 5.74) is 3.15. The Morgan fingerprint density at radius 3 is 2.61 bits per heavy atom. The van der Waals surface area contributed by atoms with Gasteiger partial charge in [-0.25, -0.2) is 4.98 Å². The van der Waals surface area contributed by atoms with Crippen LogP contribution in [0.3, 0.4) is 0 Å². The molecule has 5 heteroatoms. The lowest BCUT2D eigenvalue weighted by Crippen LogP contribution is -2.30. The molecule has 0 fully saturated rings. The summed E-state index contributed by atoms with van der Waals surface area (Å²) in [6.07, 6.45) is 1.57. The smallest absolute Gasteiger partial charge is 0.228 e. The lowest BCUT2D eigenvalue weighted by molar-refractivity contribution is 0.271. The van der Waals surface area contributed by atoms with Crippen LogP contribution in [0.25, 0.3) is 10.8 Å². The van der Waals surface area contributed by atoms with Crippen LogP contribution in [0.2, 0.25) is 0 Å². The Morgan fingerprint density at radius 1 is 1.00 bits per heavy atom. The van der Waals surface area contributed by atoms with Crippen LogP contribution in [-0.2, 0) is 6.54 Å². The molecule has 1 atom stereocenters. The second-order valence-corrected chi connectivity index (χ2v) is 6.88. The molecule has 0 aliphatic carbocycles. The minimum absolute atomic E-state index is 0.0465. The molecule has 1 unspecified atom stereocenters. The molecule has 4 aromatic rings. The second-order valence-electron chi connectivity index (χ2n) is 6.88. The van der Waals surface area contributed by atoms with E-state index in [2.05, 4.69) is 41.4 Å². The average molecular weight is 369 g/mol. The highest BCUT2D eigenvalue weighted by Crippen LogP contribution is 2.47. The van der Waals surface area contributed by atoms with Crippen molar-refractivity contribution in [3.8, 4) is 11.6 Å². The molecule has 0 saturated heterocycles. The van der Waals surface area contributed by atoms with Gasteiger partial charge in [-0.15, -0.1) is 0 Å². The monoisotopic (exact) mass is 369 g/mol. The molecule has 28 heavy (non-hydrogen) atoms. The van der Waals surface area contributed by atoms with Crippen molar-refractivity contribution < 1.29 is 9.84 Å². The molecule has 5 nitrogen and oxygen atoms in total. The SMILES string of the molecule is N=c1c2c(ncn1CCO)Oc1c(ccc3ccccc13)C2c1ccccc1. The minimum atomic E-state index is -0.157. The summed E-state index contributed by atoms with van der Waals surface area (Å²) in [6.45, 7) is 0.278. The number of ether oxygens (including phenoxy) is 1. The Kier molecular flexibility index (Phi) is 3.95.